The molecule has 1 aliphatic rings. The van der Waals surface area contributed by atoms with Gasteiger partial charge in [-0.1, -0.05) is 19.1 Å². The Labute approximate surface area is 102 Å². The highest BCUT2D eigenvalue weighted by molar-refractivity contribution is 7.90. The third-order valence-electron chi connectivity index (χ3n) is 2.68. The second kappa shape index (κ2) is 5.90. The summed E-state index contributed by atoms with van der Waals surface area (Å²) in [5, 5.41) is -0.347. The van der Waals surface area contributed by atoms with E-state index in [2.05, 4.69) is 4.72 Å². The van der Waals surface area contributed by atoms with Crippen molar-refractivity contribution in [3.63, 3.8) is 0 Å². The zero-order valence-corrected chi connectivity index (χ0v) is 10.9. The van der Waals surface area contributed by atoms with Crippen molar-refractivity contribution in [3.8, 4) is 0 Å². The standard InChI is InChI=1S/C9H18N2O3S2/c1-7(9(10)15)6-11-16(12,13)8-2-4-14-5-3-8/h7-8,11H,2-6H2,1H3,(H2,10,15). The molecule has 0 aliphatic carbocycles. The number of ether oxygens (including phenoxy) is 1. The normalized spacial score (nSPS) is 20.6. The van der Waals surface area contributed by atoms with Gasteiger partial charge in [0.25, 0.3) is 0 Å². The third-order valence-corrected chi connectivity index (χ3v) is 5.00. The Hall–Kier alpha value is -0.240. The Morgan fingerprint density at radius 2 is 2.12 bits per heavy atom. The Morgan fingerprint density at radius 3 is 2.62 bits per heavy atom. The number of nitrogens with one attached hydrogen (secondary N) is 1. The predicted molar refractivity (Wildman–Crippen MR) is 66.7 cm³/mol. The molecule has 0 aromatic heterocycles. The smallest absolute Gasteiger partial charge is 0.214 e. The Bertz CT molecular complexity index is 337. The van der Waals surface area contributed by atoms with Crippen LogP contribution in [0.1, 0.15) is 19.8 Å². The summed E-state index contributed by atoms with van der Waals surface area (Å²) >= 11 is 4.79. The molecular formula is C9H18N2O3S2. The summed E-state index contributed by atoms with van der Waals surface area (Å²) < 4.78 is 31.4. The molecule has 0 aromatic carbocycles. The summed E-state index contributed by atoms with van der Waals surface area (Å²) in [6.07, 6.45) is 1.10. The maximum absolute atomic E-state index is 11.9. The molecule has 5 nitrogen and oxygen atoms in total. The van der Waals surface area contributed by atoms with Gasteiger partial charge in [0.1, 0.15) is 0 Å². The summed E-state index contributed by atoms with van der Waals surface area (Å²) in [5.41, 5.74) is 5.42. The highest BCUT2D eigenvalue weighted by Crippen LogP contribution is 2.14. The van der Waals surface area contributed by atoms with Gasteiger partial charge in [-0.05, 0) is 12.8 Å². The summed E-state index contributed by atoms with van der Waals surface area (Å²) in [5.74, 6) is -0.121. The topological polar surface area (TPSA) is 81.4 Å². The van der Waals surface area contributed by atoms with E-state index in [1.54, 1.807) is 6.92 Å². The van der Waals surface area contributed by atoms with E-state index in [0.29, 0.717) is 31.0 Å². The van der Waals surface area contributed by atoms with Crippen molar-refractivity contribution in [2.75, 3.05) is 19.8 Å². The molecule has 0 radical (unpaired) electrons. The second-order valence-corrected chi connectivity index (χ2v) is 6.53. The molecule has 0 spiro atoms. The summed E-state index contributed by atoms with van der Waals surface area (Å²) in [7, 11) is -3.26. The molecule has 1 heterocycles. The van der Waals surface area contributed by atoms with Crippen LogP contribution in [0, 0.1) is 5.92 Å². The monoisotopic (exact) mass is 266 g/mol. The molecule has 1 aliphatic heterocycles. The van der Waals surface area contributed by atoms with Gasteiger partial charge >= 0.3 is 0 Å². The summed E-state index contributed by atoms with van der Waals surface area (Å²) in [4.78, 5) is 0.328. The molecule has 1 unspecified atom stereocenters. The van der Waals surface area contributed by atoms with E-state index < -0.39 is 10.0 Å². The zero-order valence-electron chi connectivity index (χ0n) is 9.31. The number of rotatable bonds is 5. The van der Waals surface area contributed by atoms with Crippen molar-refractivity contribution >= 4 is 27.2 Å². The van der Waals surface area contributed by atoms with Crippen LogP contribution in [0.3, 0.4) is 0 Å². The third kappa shape index (κ3) is 3.97. The Balaban J connectivity index is 2.47. The lowest BCUT2D eigenvalue weighted by Crippen LogP contribution is -2.41. The molecule has 0 bridgehead atoms. The molecule has 0 saturated carbocycles. The number of nitrogens with two attached hydrogens (primary N) is 1. The van der Waals surface area contributed by atoms with Gasteiger partial charge in [0, 0.05) is 25.7 Å². The van der Waals surface area contributed by atoms with Gasteiger partial charge in [0.15, 0.2) is 0 Å². The van der Waals surface area contributed by atoms with Crippen LogP contribution in [0.2, 0.25) is 0 Å². The van der Waals surface area contributed by atoms with Gasteiger partial charge in [0.05, 0.1) is 10.2 Å². The van der Waals surface area contributed by atoms with Gasteiger partial charge in [-0.15, -0.1) is 0 Å². The highest BCUT2D eigenvalue weighted by atomic mass is 32.2. The summed E-state index contributed by atoms with van der Waals surface area (Å²) in [6.45, 7) is 3.09. The molecule has 1 fully saturated rings. The first-order valence-electron chi connectivity index (χ1n) is 5.29. The lowest BCUT2D eigenvalue weighted by Gasteiger charge is -2.23. The largest absolute Gasteiger partial charge is 0.393 e. The van der Waals surface area contributed by atoms with Crippen LogP contribution in [0.25, 0.3) is 0 Å². The van der Waals surface area contributed by atoms with Crippen molar-refractivity contribution in [2.45, 2.75) is 25.0 Å². The number of thiocarbonyl (C=S) groups is 1. The van der Waals surface area contributed by atoms with Crippen LogP contribution < -0.4 is 10.5 Å². The van der Waals surface area contributed by atoms with E-state index in [9.17, 15) is 8.42 Å². The lowest BCUT2D eigenvalue weighted by atomic mass is 10.2. The molecule has 1 atom stereocenters. The van der Waals surface area contributed by atoms with Gasteiger partial charge in [-0.25, -0.2) is 13.1 Å². The molecule has 1 rings (SSSR count). The van der Waals surface area contributed by atoms with Crippen LogP contribution in [0.4, 0.5) is 0 Å². The highest BCUT2D eigenvalue weighted by Gasteiger charge is 2.27. The van der Waals surface area contributed by atoms with Gasteiger partial charge < -0.3 is 10.5 Å². The first kappa shape index (κ1) is 13.8. The van der Waals surface area contributed by atoms with Crippen LogP contribution in [0.15, 0.2) is 0 Å². The average Bonchev–Trinajstić information content (AvgIpc) is 2.27. The minimum Gasteiger partial charge on any atom is -0.393 e. The minimum atomic E-state index is -3.26. The first-order valence-corrected chi connectivity index (χ1v) is 7.24. The fourth-order valence-corrected chi connectivity index (χ4v) is 3.06. The maximum atomic E-state index is 11.9. The zero-order chi connectivity index (χ0) is 12.2. The number of sulfonamides is 1. The number of hydrogen-bond acceptors (Lipinski definition) is 4. The molecule has 3 N–H and O–H groups in total. The van der Waals surface area contributed by atoms with Crippen molar-refractivity contribution in [1.29, 1.82) is 0 Å². The molecular weight excluding hydrogens is 248 g/mol. The van der Waals surface area contributed by atoms with Gasteiger partial charge in [-0.3, -0.25) is 0 Å². The van der Waals surface area contributed by atoms with E-state index >= 15 is 0 Å². The van der Waals surface area contributed by atoms with Crippen LogP contribution in [-0.4, -0.2) is 38.4 Å². The number of hydrogen-bond donors (Lipinski definition) is 2. The van der Waals surface area contributed by atoms with E-state index in [1.165, 1.54) is 0 Å². The SMILES string of the molecule is CC(CNS(=O)(=O)C1CCOCC1)C(N)=S. The van der Waals surface area contributed by atoms with E-state index in [1.807, 2.05) is 0 Å². The van der Waals surface area contributed by atoms with Crippen molar-refractivity contribution in [3.05, 3.63) is 0 Å². The quantitative estimate of drug-likeness (QED) is 0.685. The summed E-state index contributed by atoms with van der Waals surface area (Å²) in [6, 6.07) is 0. The van der Waals surface area contributed by atoms with Crippen molar-refractivity contribution in [1.82, 2.24) is 4.72 Å². The molecule has 16 heavy (non-hydrogen) atoms. The van der Waals surface area contributed by atoms with Gasteiger partial charge in [0.2, 0.25) is 10.0 Å². The first-order chi connectivity index (χ1) is 7.43. The van der Waals surface area contributed by atoms with E-state index in [0.717, 1.165) is 0 Å². The minimum absolute atomic E-state index is 0.121. The van der Waals surface area contributed by atoms with Crippen LogP contribution >= 0.6 is 12.2 Å². The molecule has 94 valence electrons. The van der Waals surface area contributed by atoms with Gasteiger partial charge in [-0.2, -0.15) is 0 Å². The molecule has 1 saturated heterocycles. The van der Waals surface area contributed by atoms with Crippen LogP contribution in [0.5, 0.6) is 0 Å². The van der Waals surface area contributed by atoms with E-state index in [4.69, 9.17) is 22.7 Å². The molecule has 0 amide bonds. The van der Waals surface area contributed by atoms with Crippen LogP contribution in [-0.2, 0) is 14.8 Å². The maximum Gasteiger partial charge on any atom is 0.214 e. The second-order valence-electron chi connectivity index (χ2n) is 4.01. The van der Waals surface area contributed by atoms with Crippen molar-refractivity contribution < 1.29 is 13.2 Å². The lowest BCUT2D eigenvalue weighted by molar-refractivity contribution is 0.0981. The van der Waals surface area contributed by atoms with E-state index in [-0.39, 0.29) is 17.7 Å². The fraction of sp³-hybridized carbons (Fsp3) is 0.889. The molecule has 7 heteroatoms. The average molecular weight is 266 g/mol. The van der Waals surface area contributed by atoms with Crippen molar-refractivity contribution in [2.24, 2.45) is 11.7 Å². The Kier molecular flexibility index (Phi) is 5.10. The fourth-order valence-electron chi connectivity index (χ4n) is 1.45. The predicted octanol–water partition coefficient (Wildman–Crippen LogP) is 0.00700. The Morgan fingerprint density at radius 1 is 1.56 bits per heavy atom. The molecule has 0 aromatic rings.